The lowest BCUT2D eigenvalue weighted by Gasteiger charge is -2.12. The lowest BCUT2D eigenvalue weighted by molar-refractivity contribution is -0.305. The summed E-state index contributed by atoms with van der Waals surface area (Å²) in [6.45, 7) is 4.02. The van der Waals surface area contributed by atoms with Gasteiger partial charge in [0.05, 0.1) is 0 Å². The summed E-state index contributed by atoms with van der Waals surface area (Å²) < 4.78 is 11.3. The highest BCUT2D eigenvalue weighted by molar-refractivity contribution is 5.85. The van der Waals surface area contributed by atoms with Crippen LogP contribution in [-0.4, -0.2) is 12.6 Å². The number of fused-ring (bicyclic) bond motifs is 1. The van der Waals surface area contributed by atoms with Crippen LogP contribution in [0.2, 0.25) is 0 Å². The van der Waals surface area contributed by atoms with Crippen LogP contribution in [0.3, 0.4) is 0 Å². The van der Waals surface area contributed by atoms with Crippen LogP contribution in [0.1, 0.15) is 28.7 Å². The van der Waals surface area contributed by atoms with Crippen molar-refractivity contribution in [1.82, 2.24) is 0 Å². The van der Waals surface area contributed by atoms with Crippen molar-refractivity contribution in [2.24, 2.45) is 0 Å². The third-order valence-corrected chi connectivity index (χ3v) is 4.68. The summed E-state index contributed by atoms with van der Waals surface area (Å²) in [5.41, 5.74) is 2.87. The van der Waals surface area contributed by atoms with Crippen LogP contribution >= 0.6 is 0 Å². The summed E-state index contributed by atoms with van der Waals surface area (Å²) in [5.74, 6) is -0.558. The Bertz CT molecular complexity index is 1080. The Labute approximate surface area is 162 Å². The van der Waals surface area contributed by atoms with E-state index in [2.05, 4.69) is 0 Å². The van der Waals surface area contributed by atoms with E-state index in [1.807, 2.05) is 61.5 Å². The van der Waals surface area contributed by atoms with Crippen LogP contribution in [0.15, 0.2) is 57.8 Å². The first kappa shape index (κ1) is 19.4. The first-order valence-corrected chi connectivity index (χ1v) is 9.07. The highest BCUT2D eigenvalue weighted by Crippen LogP contribution is 2.29. The van der Waals surface area contributed by atoms with E-state index in [9.17, 15) is 14.7 Å². The number of aryl methyl sites for hydroxylation is 2. The third-order valence-electron chi connectivity index (χ3n) is 4.68. The van der Waals surface area contributed by atoms with Gasteiger partial charge >= 0.3 is 5.63 Å². The summed E-state index contributed by atoms with van der Waals surface area (Å²) in [7, 11) is 0. The second-order valence-corrected chi connectivity index (χ2v) is 6.55. The van der Waals surface area contributed by atoms with Gasteiger partial charge in [0.2, 0.25) is 0 Å². The molecule has 0 amide bonds. The van der Waals surface area contributed by atoms with Crippen molar-refractivity contribution < 1.29 is 19.1 Å². The fourth-order valence-corrected chi connectivity index (χ4v) is 3.13. The molecule has 0 aliphatic heterocycles. The average Bonchev–Trinajstić information content (AvgIpc) is 2.67. The van der Waals surface area contributed by atoms with Crippen molar-refractivity contribution in [2.75, 3.05) is 6.61 Å². The number of carboxylic acids is 1. The third kappa shape index (κ3) is 4.31. The number of aliphatic carboxylic acids is 1. The van der Waals surface area contributed by atoms with Crippen LogP contribution in [-0.2, 0) is 11.2 Å². The molecule has 0 atom stereocenters. The van der Waals surface area contributed by atoms with Gasteiger partial charge < -0.3 is 19.1 Å². The Morgan fingerprint density at radius 1 is 1.11 bits per heavy atom. The molecule has 3 aromatic rings. The van der Waals surface area contributed by atoms with Crippen molar-refractivity contribution in [1.29, 1.82) is 0 Å². The first-order valence-electron chi connectivity index (χ1n) is 9.07. The number of hydrogen-bond acceptors (Lipinski definition) is 5. The van der Waals surface area contributed by atoms with Gasteiger partial charge in [0.25, 0.3) is 0 Å². The largest absolute Gasteiger partial charge is 0.550 e. The molecular formula is C23H21O5-. The Kier molecular flexibility index (Phi) is 5.94. The van der Waals surface area contributed by atoms with Gasteiger partial charge in [0, 0.05) is 22.5 Å². The van der Waals surface area contributed by atoms with Crippen molar-refractivity contribution >= 4 is 23.0 Å². The zero-order valence-corrected chi connectivity index (χ0v) is 15.9. The molecule has 0 radical (unpaired) electrons. The lowest BCUT2D eigenvalue weighted by atomic mass is 10.0. The second kappa shape index (κ2) is 8.57. The maximum Gasteiger partial charge on any atom is 0.339 e. The number of ether oxygens (including phenoxy) is 1. The molecule has 0 fully saturated rings. The quantitative estimate of drug-likeness (QED) is 0.591. The Hall–Kier alpha value is -3.34. The molecule has 0 bridgehead atoms. The zero-order valence-electron chi connectivity index (χ0n) is 15.9. The van der Waals surface area contributed by atoms with Gasteiger partial charge in [-0.1, -0.05) is 36.4 Å². The summed E-state index contributed by atoms with van der Waals surface area (Å²) in [6, 6.07) is 13.6. The molecule has 1 aromatic heterocycles. The summed E-state index contributed by atoms with van der Waals surface area (Å²) in [6.07, 6.45) is 3.77. The zero-order chi connectivity index (χ0) is 20.1. The number of rotatable bonds is 7. The van der Waals surface area contributed by atoms with Crippen LogP contribution in [0.25, 0.3) is 17.0 Å². The molecule has 3 rings (SSSR count). The monoisotopic (exact) mass is 377 g/mol. The molecule has 28 heavy (non-hydrogen) atoms. The summed E-state index contributed by atoms with van der Waals surface area (Å²) >= 11 is 0. The molecule has 0 N–H and O–H groups in total. The van der Waals surface area contributed by atoms with Gasteiger partial charge in [0.15, 0.2) is 0 Å². The molecule has 5 heteroatoms. The molecule has 1 heterocycles. The van der Waals surface area contributed by atoms with Gasteiger partial charge in [-0.05, 0) is 56.0 Å². The Balaban J connectivity index is 1.83. The molecule has 0 saturated carbocycles. The maximum absolute atomic E-state index is 12.3. The van der Waals surface area contributed by atoms with Crippen molar-refractivity contribution in [2.45, 2.75) is 26.7 Å². The predicted molar refractivity (Wildman–Crippen MR) is 106 cm³/mol. The van der Waals surface area contributed by atoms with Crippen LogP contribution in [0.4, 0.5) is 0 Å². The average molecular weight is 377 g/mol. The number of hydrogen-bond donors (Lipinski definition) is 0. The molecule has 5 nitrogen and oxygen atoms in total. The minimum absolute atomic E-state index is 0.0913. The van der Waals surface area contributed by atoms with Crippen molar-refractivity contribution in [3.8, 4) is 5.75 Å². The van der Waals surface area contributed by atoms with E-state index in [-0.39, 0.29) is 12.8 Å². The van der Waals surface area contributed by atoms with E-state index in [4.69, 9.17) is 9.15 Å². The van der Waals surface area contributed by atoms with Gasteiger partial charge in [-0.2, -0.15) is 0 Å². The van der Waals surface area contributed by atoms with E-state index in [0.717, 1.165) is 22.1 Å². The molecule has 0 spiro atoms. The van der Waals surface area contributed by atoms with Crippen molar-refractivity contribution in [3.63, 3.8) is 0 Å². The lowest BCUT2D eigenvalue weighted by Crippen LogP contribution is -2.24. The maximum atomic E-state index is 12.3. The van der Waals surface area contributed by atoms with Gasteiger partial charge in [0.1, 0.15) is 17.9 Å². The van der Waals surface area contributed by atoms with E-state index < -0.39 is 11.6 Å². The van der Waals surface area contributed by atoms with Gasteiger partial charge in [-0.3, -0.25) is 0 Å². The number of carbonyl (C=O) groups excluding carboxylic acids is 1. The van der Waals surface area contributed by atoms with Gasteiger partial charge in [-0.15, -0.1) is 0 Å². The minimum atomic E-state index is -1.19. The van der Waals surface area contributed by atoms with E-state index in [1.54, 1.807) is 6.92 Å². The standard InChI is InChI=1S/C23H22O5/c1-15-18-10-12-20(27-14-6-9-17-7-4-3-5-8-17)16(2)22(18)28-23(26)19(15)11-13-21(24)25/h3-10,12H,11,13-14H2,1-2H3,(H,24,25)/p-1/b9-6+. The highest BCUT2D eigenvalue weighted by Gasteiger charge is 2.15. The summed E-state index contributed by atoms with van der Waals surface area (Å²) in [5, 5.41) is 11.5. The molecule has 0 unspecified atom stereocenters. The smallest absolute Gasteiger partial charge is 0.339 e. The number of carboxylic acid groups (broad SMARTS) is 1. The molecule has 2 aromatic carbocycles. The Morgan fingerprint density at radius 2 is 1.86 bits per heavy atom. The normalized spacial score (nSPS) is 11.2. The molecule has 0 aliphatic carbocycles. The van der Waals surface area contributed by atoms with E-state index in [0.29, 0.717) is 23.5 Å². The first-order chi connectivity index (χ1) is 13.5. The minimum Gasteiger partial charge on any atom is -0.550 e. The fourth-order valence-electron chi connectivity index (χ4n) is 3.13. The van der Waals surface area contributed by atoms with E-state index in [1.165, 1.54) is 0 Å². The highest BCUT2D eigenvalue weighted by atomic mass is 16.5. The molecule has 0 aliphatic rings. The Morgan fingerprint density at radius 3 is 2.57 bits per heavy atom. The number of carbonyl (C=O) groups is 1. The molecule has 144 valence electrons. The van der Waals surface area contributed by atoms with Crippen molar-refractivity contribution in [3.05, 3.63) is 81.2 Å². The molecule has 0 saturated heterocycles. The van der Waals surface area contributed by atoms with E-state index >= 15 is 0 Å². The van der Waals surface area contributed by atoms with Crippen LogP contribution in [0.5, 0.6) is 5.75 Å². The molecular weight excluding hydrogens is 356 g/mol. The van der Waals surface area contributed by atoms with Gasteiger partial charge in [-0.25, -0.2) is 4.79 Å². The second-order valence-electron chi connectivity index (χ2n) is 6.55. The van der Waals surface area contributed by atoms with Crippen LogP contribution < -0.4 is 15.5 Å². The SMILES string of the molecule is Cc1c(CCC(=O)[O-])c(=O)oc2c(C)c(OC/C=C/c3ccccc3)ccc12. The predicted octanol–water partition coefficient (Wildman–Crippen LogP) is 3.18. The summed E-state index contributed by atoms with van der Waals surface area (Å²) in [4.78, 5) is 23.0. The fraction of sp³-hybridized carbons (Fsp3) is 0.217. The van der Waals surface area contributed by atoms with Crippen LogP contribution in [0, 0.1) is 13.8 Å². The topological polar surface area (TPSA) is 79.6 Å². The number of benzene rings is 2.